The summed E-state index contributed by atoms with van der Waals surface area (Å²) in [6.45, 7) is 11.1. The van der Waals surface area contributed by atoms with Crippen LogP contribution in [0.2, 0.25) is 0 Å². The lowest BCUT2D eigenvalue weighted by Crippen LogP contribution is -2.37. The lowest BCUT2D eigenvalue weighted by atomic mass is 10.0. The standard InChI is InChI=1S/C15H25NO/c1-5-17-12-14-9-7-6-8-13(14)10-11-16-15(2,3)4/h6-9,16H,5,10-12H2,1-4H3. The van der Waals surface area contributed by atoms with E-state index in [4.69, 9.17) is 4.74 Å². The molecule has 0 aromatic heterocycles. The minimum atomic E-state index is 0.189. The zero-order valence-corrected chi connectivity index (χ0v) is 11.5. The van der Waals surface area contributed by atoms with Gasteiger partial charge in [0.15, 0.2) is 0 Å². The molecule has 2 nitrogen and oxygen atoms in total. The quantitative estimate of drug-likeness (QED) is 0.818. The molecule has 0 aliphatic carbocycles. The molecule has 0 spiro atoms. The molecule has 0 bridgehead atoms. The van der Waals surface area contributed by atoms with Gasteiger partial charge < -0.3 is 10.1 Å². The van der Waals surface area contributed by atoms with Crippen LogP contribution in [0.4, 0.5) is 0 Å². The van der Waals surface area contributed by atoms with Crippen LogP contribution in [0, 0.1) is 0 Å². The van der Waals surface area contributed by atoms with Gasteiger partial charge >= 0.3 is 0 Å². The van der Waals surface area contributed by atoms with Gasteiger partial charge in [0.2, 0.25) is 0 Å². The van der Waals surface area contributed by atoms with E-state index in [1.807, 2.05) is 6.92 Å². The Morgan fingerprint density at radius 1 is 1.12 bits per heavy atom. The van der Waals surface area contributed by atoms with E-state index in [0.717, 1.165) is 26.2 Å². The molecule has 1 aromatic carbocycles. The van der Waals surface area contributed by atoms with Crippen LogP contribution < -0.4 is 5.32 Å². The molecule has 0 heterocycles. The van der Waals surface area contributed by atoms with E-state index in [0.29, 0.717) is 0 Å². The van der Waals surface area contributed by atoms with Crippen molar-refractivity contribution in [3.05, 3.63) is 35.4 Å². The summed E-state index contributed by atoms with van der Waals surface area (Å²) in [7, 11) is 0. The first-order valence-electron chi connectivity index (χ1n) is 6.42. The maximum Gasteiger partial charge on any atom is 0.0719 e. The van der Waals surface area contributed by atoms with Crippen LogP contribution in [-0.4, -0.2) is 18.7 Å². The summed E-state index contributed by atoms with van der Waals surface area (Å²) in [6, 6.07) is 8.53. The molecular formula is C15H25NO. The van der Waals surface area contributed by atoms with Crippen molar-refractivity contribution < 1.29 is 4.74 Å². The van der Waals surface area contributed by atoms with E-state index in [1.54, 1.807) is 0 Å². The zero-order chi connectivity index (χ0) is 12.7. The normalized spacial score (nSPS) is 11.8. The predicted molar refractivity (Wildman–Crippen MR) is 73.2 cm³/mol. The molecule has 0 fully saturated rings. The summed E-state index contributed by atoms with van der Waals surface area (Å²) in [6.07, 6.45) is 1.06. The van der Waals surface area contributed by atoms with Gasteiger partial charge in [-0.1, -0.05) is 24.3 Å². The second-order valence-corrected chi connectivity index (χ2v) is 5.33. The molecule has 1 N–H and O–H groups in total. The van der Waals surface area contributed by atoms with Gasteiger partial charge in [0.1, 0.15) is 0 Å². The molecular weight excluding hydrogens is 210 g/mol. The van der Waals surface area contributed by atoms with Crippen molar-refractivity contribution in [1.82, 2.24) is 5.32 Å². The van der Waals surface area contributed by atoms with Crippen molar-refractivity contribution in [3.63, 3.8) is 0 Å². The van der Waals surface area contributed by atoms with Crippen LogP contribution in [-0.2, 0) is 17.8 Å². The molecule has 1 rings (SSSR count). The molecule has 0 radical (unpaired) electrons. The van der Waals surface area contributed by atoms with E-state index < -0.39 is 0 Å². The second-order valence-electron chi connectivity index (χ2n) is 5.33. The van der Waals surface area contributed by atoms with Gasteiger partial charge in [0.25, 0.3) is 0 Å². The highest BCUT2D eigenvalue weighted by Crippen LogP contribution is 2.11. The van der Waals surface area contributed by atoms with Crippen molar-refractivity contribution in [2.24, 2.45) is 0 Å². The Morgan fingerprint density at radius 2 is 1.76 bits per heavy atom. The maximum atomic E-state index is 5.49. The van der Waals surface area contributed by atoms with E-state index in [-0.39, 0.29) is 5.54 Å². The molecule has 0 aliphatic rings. The molecule has 1 aromatic rings. The fourth-order valence-electron chi connectivity index (χ4n) is 1.73. The summed E-state index contributed by atoms with van der Waals surface area (Å²) in [5.41, 5.74) is 2.89. The third-order valence-corrected chi connectivity index (χ3v) is 2.63. The fourth-order valence-corrected chi connectivity index (χ4v) is 1.73. The van der Waals surface area contributed by atoms with E-state index in [1.165, 1.54) is 11.1 Å². The topological polar surface area (TPSA) is 21.3 Å². The van der Waals surface area contributed by atoms with Gasteiger partial charge in [-0.15, -0.1) is 0 Å². The van der Waals surface area contributed by atoms with E-state index >= 15 is 0 Å². The van der Waals surface area contributed by atoms with Crippen molar-refractivity contribution in [2.75, 3.05) is 13.2 Å². The largest absolute Gasteiger partial charge is 0.377 e. The molecule has 0 aliphatic heterocycles. The third-order valence-electron chi connectivity index (χ3n) is 2.63. The Bertz CT molecular complexity index is 328. The number of ether oxygens (including phenoxy) is 1. The molecule has 0 atom stereocenters. The highest BCUT2D eigenvalue weighted by Gasteiger charge is 2.08. The molecule has 0 unspecified atom stereocenters. The first-order valence-corrected chi connectivity index (χ1v) is 6.42. The predicted octanol–water partition coefficient (Wildman–Crippen LogP) is 3.15. The smallest absolute Gasteiger partial charge is 0.0719 e. The lowest BCUT2D eigenvalue weighted by Gasteiger charge is -2.21. The number of hydrogen-bond acceptors (Lipinski definition) is 2. The van der Waals surface area contributed by atoms with Gasteiger partial charge in [0.05, 0.1) is 6.61 Å². The molecule has 0 saturated heterocycles. The number of nitrogens with one attached hydrogen (secondary N) is 1. The van der Waals surface area contributed by atoms with Crippen LogP contribution in [0.3, 0.4) is 0 Å². The summed E-state index contributed by atoms with van der Waals surface area (Å²) >= 11 is 0. The first kappa shape index (κ1) is 14.2. The second kappa shape index (κ2) is 6.77. The SMILES string of the molecule is CCOCc1ccccc1CCNC(C)(C)C. The number of hydrogen-bond donors (Lipinski definition) is 1. The van der Waals surface area contributed by atoms with E-state index in [2.05, 4.69) is 50.4 Å². The Balaban J connectivity index is 2.51. The molecule has 0 saturated carbocycles. The highest BCUT2D eigenvalue weighted by atomic mass is 16.5. The van der Waals surface area contributed by atoms with Crippen molar-refractivity contribution in [2.45, 2.75) is 46.3 Å². The van der Waals surface area contributed by atoms with Crippen LogP contribution in [0.25, 0.3) is 0 Å². The highest BCUT2D eigenvalue weighted by molar-refractivity contribution is 5.26. The van der Waals surface area contributed by atoms with Gasteiger partial charge in [-0.3, -0.25) is 0 Å². The Kier molecular flexibility index (Phi) is 5.66. The van der Waals surface area contributed by atoms with Crippen molar-refractivity contribution >= 4 is 0 Å². The molecule has 2 heteroatoms. The third kappa shape index (κ3) is 5.85. The molecule has 17 heavy (non-hydrogen) atoms. The van der Waals surface area contributed by atoms with Gasteiger partial charge in [0, 0.05) is 12.1 Å². The minimum absolute atomic E-state index is 0.189. The Morgan fingerprint density at radius 3 is 2.35 bits per heavy atom. The van der Waals surface area contributed by atoms with Crippen LogP contribution in [0.5, 0.6) is 0 Å². The Labute approximate surface area is 105 Å². The van der Waals surface area contributed by atoms with Gasteiger partial charge in [-0.05, 0) is 51.8 Å². The number of rotatable bonds is 6. The van der Waals surface area contributed by atoms with Crippen LogP contribution in [0.15, 0.2) is 24.3 Å². The summed E-state index contributed by atoms with van der Waals surface area (Å²) in [5.74, 6) is 0. The average Bonchev–Trinajstić information content (AvgIpc) is 2.26. The summed E-state index contributed by atoms with van der Waals surface area (Å²) in [5, 5.41) is 3.51. The van der Waals surface area contributed by atoms with Gasteiger partial charge in [-0.2, -0.15) is 0 Å². The van der Waals surface area contributed by atoms with Crippen molar-refractivity contribution in [3.8, 4) is 0 Å². The summed E-state index contributed by atoms with van der Waals surface area (Å²) in [4.78, 5) is 0. The monoisotopic (exact) mass is 235 g/mol. The fraction of sp³-hybridized carbons (Fsp3) is 0.600. The average molecular weight is 235 g/mol. The maximum absolute atomic E-state index is 5.49. The van der Waals surface area contributed by atoms with Gasteiger partial charge in [-0.25, -0.2) is 0 Å². The first-order chi connectivity index (χ1) is 8.03. The summed E-state index contributed by atoms with van der Waals surface area (Å²) < 4.78 is 5.49. The van der Waals surface area contributed by atoms with Crippen LogP contribution in [0.1, 0.15) is 38.8 Å². The minimum Gasteiger partial charge on any atom is -0.377 e. The molecule has 96 valence electrons. The van der Waals surface area contributed by atoms with Crippen molar-refractivity contribution in [1.29, 1.82) is 0 Å². The Hall–Kier alpha value is -0.860. The zero-order valence-electron chi connectivity index (χ0n) is 11.5. The molecule has 0 amide bonds. The van der Waals surface area contributed by atoms with E-state index in [9.17, 15) is 0 Å². The van der Waals surface area contributed by atoms with Crippen LogP contribution >= 0.6 is 0 Å². The number of benzene rings is 1. The lowest BCUT2D eigenvalue weighted by molar-refractivity contribution is 0.133.